The van der Waals surface area contributed by atoms with Crippen molar-refractivity contribution in [3.05, 3.63) is 17.5 Å². The van der Waals surface area contributed by atoms with E-state index < -0.39 is 6.17 Å². The Bertz CT molecular complexity index is 307. The maximum atomic E-state index is 12.8. The van der Waals surface area contributed by atoms with Crippen molar-refractivity contribution in [1.29, 1.82) is 0 Å². The van der Waals surface area contributed by atoms with Gasteiger partial charge < -0.3 is 4.90 Å². The molecule has 0 bridgehead atoms. The monoisotopic (exact) mass is 201 g/mol. The number of alkyl halides is 1. The van der Waals surface area contributed by atoms with Gasteiger partial charge in [-0.3, -0.25) is 0 Å². The molecule has 0 aliphatic carbocycles. The van der Waals surface area contributed by atoms with Crippen LogP contribution in [-0.4, -0.2) is 29.2 Å². The standard InChI is InChI=1S/C8H9ClFN3/c9-8-11-3-1-7(12-8)13-4-2-6(10)5-13/h1,3,6H,2,4-5H2/t6-/m0/s1. The molecule has 5 heteroatoms. The summed E-state index contributed by atoms with van der Waals surface area (Å²) in [6.45, 7) is 1.11. The molecule has 1 aliphatic rings. The van der Waals surface area contributed by atoms with Crippen LogP contribution < -0.4 is 4.90 Å². The predicted octanol–water partition coefficient (Wildman–Crippen LogP) is 1.68. The highest BCUT2D eigenvalue weighted by Gasteiger charge is 2.22. The van der Waals surface area contributed by atoms with Gasteiger partial charge >= 0.3 is 0 Å². The second-order valence-electron chi connectivity index (χ2n) is 3.02. The quantitative estimate of drug-likeness (QED) is 0.648. The summed E-state index contributed by atoms with van der Waals surface area (Å²) in [5.74, 6) is 0.708. The maximum Gasteiger partial charge on any atom is 0.224 e. The van der Waals surface area contributed by atoms with Crippen molar-refractivity contribution in [3.8, 4) is 0 Å². The fourth-order valence-electron chi connectivity index (χ4n) is 1.43. The summed E-state index contributed by atoms with van der Waals surface area (Å²) in [6, 6.07) is 1.74. The molecule has 0 aromatic carbocycles. The van der Waals surface area contributed by atoms with Crippen LogP contribution in [0.25, 0.3) is 0 Å². The fourth-order valence-corrected chi connectivity index (χ4v) is 1.57. The van der Waals surface area contributed by atoms with Crippen LogP contribution in [0.5, 0.6) is 0 Å². The molecule has 1 atom stereocenters. The average Bonchev–Trinajstić information content (AvgIpc) is 2.52. The molecule has 0 amide bonds. The zero-order valence-electron chi connectivity index (χ0n) is 6.95. The van der Waals surface area contributed by atoms with E-state index in [0.29, 0.717) is 25.3 Å². The van der Waals surface area contributed by atoms with E-state index in [0.717, 1.165) is 0 Å². The molecule has 0 N–H and O–H groups in total. The van der Waals surface area contributed by atoms with E-state index in [-0.39, 0.29) is 5.28 Å². The largest absolute Gasteiger partial charge is 0.353 e. The maximum absolute atomic E-state index is 12.8. The van der Waals surface area contributed by atoms with Gasteiger partial charge in [-0.15, -0.1) is 0 Å². The zero-order chi connectivity index (χ0) is 9.26. The Morgan fingerprint density at radius 3 is 3.08 bits per heavy atom. The van der Waals surface area contributed by atoms with Crippen LogP contribution in [0.2, 0.25) is 5.28 Å². The normalized spacial score (nSPS) is 22.3. The second-order valence-corrected chi connectivity index (χ2v) is 3.35. The molecule has 0 radical (unpaired) electrons. The Morgan fingerprint density at radius 1 is 1.62 bits per heavy atom. The summed E-state index contributed by atoms with van der Waals surface area (Å²) in [4.78, 5) is 9.64. The second kappa shape index (κ2) is 3.46. The number of halogens is 2. The first-order chi connectivity index (χ1) is 6.25. The van der Waals surface area contributed by atoms with Crippen LogP contribution in [0.4, 0.5) is 10.2 Å². The summed E-state index contributed by atoms with van der Waals surface area (Å²) < 4.78 is 12.8. The van der Waals surface area contributed by atoms with Crippen LogP contribution in [0.3, 0.4) is 0 Å². The molecular weight excluding hydrogens is 193 g/mol. The van der Waals surface area contributed by atoms with Crippen molar-refractivity contribution in [3.63, 3.8) is 0 Å². The van der Waals surface area contributed by atoms with Gasteiger partial charge in [0.05, 0.1) is 6.54 Å². The van der Waals surface area contributed by atoms with Gasteiger partial charge in [0.15, 0.2) is 0 Å². The molecule has 0 unspecified atom stereocenters. The van der Waals surface area contributed by atoms with E-state index in [1.54, 1.807) is 12.3 Å². The zero-order valence-corrected chi connectivity index (χ0v) is 7.71. The average molecular weight is 202 g/mol. The molecule has 1 aromatic rings. The molecule has 1 saturated heterocycles. The van der Waals surface area contributed by atoms with Gasteiger partial charge in [-0.1, -0.05) is 0 Å². The number of aromatic nitrogens is 2. The molecule has 0 spiro atoms. The van der Waals surface area contributed by atoms with Gasteiger partial charge in [0.1, 0.15) is 12.0 Å². The highest BCUT2D eigenvalue weighted by Crippen LogP contribution is 2.19. The van der Waals surface area contributed by atoms with E-state index in [1.807, 2.05) is 4.90 Å². The van der Waals surface area contributed by atoms with E-state index in [9.17, 15) is 4.39 Å². The van der Waals surface area contributed by atoms with Crippen molar-refractivity contribution < 1.29 is 4.39 Å². The smallest absolute Gasteiger partial charge is 0.224 e. The molecule has 2 heterocycles. The lowest BCUT2D eigenvalue weighted by molar-refractivity contribution is 0.364. The Hall–Kier alpha value is -0.900. The van der Waals surface area contributed by atoms with Gasteiger partial charge in [0, 0.05) is 12.7 Å². The molecule has 2 rings (SSSR count). The van der Waals surface area contributed by atoms with Crippen molar-refractivity contribution in [2.75, 3.05) is 18.0 Å². The number of anilines is 1. The van der Waals surface area contributed by atoms with E-state index >= 15 is 0 Å². The third-order valence-electron chi connectivity index (χ3n) is 2.07. The molecule has 1 aliphatic heterocycles. The van der Waals surface area contributed by atoms with Crippen LogP contribution in [0, 0.1) is 0 Å². The van der Waals surface area contributed by atoms with Crippen LogP contribution in [0.15, 0.2) is 12.3 Å². The SMILES string of the molecule is F[C@H]1CCN(c2ccnc(Cl)n2)C1. The molecule has 0 saturated carbocycles. The summed E-state index contributed by atoms with van der Waals surface area (Å²) >= 11 is 5.62. The van der Waals surface area contributed by atoms with Gasteiger partial charge in [-0.2, -0.15) is 0 Å². The van der Waals surface area contributed by atoms with Crippen LogP contribution >= 0.6 is 11.6 Å². The number of rotatable bonds is 1. The van der Waals surface area contributed by atoms with Gasteiger partial charge in [-0.05, 0) is 24.1 Å². The Morgan fingerprint density at radius 2 is 2.46 bits per heavy atom. The van der Waals surface area contributed by atoms with Crippen LogP contribution in [0.1, 0.15) is 6.42 Å². The number of hydrogen-bond donors (Lipinski definition) is 0. The number of hydrogen-bond acceptors (Lipinski definition) is 3. The Kier molecular flexibility index (Phi) is 2.31. The van der Waals surface area contributed by atoms with Gasteiger partial charge in [0.25, 0.3) is 0 Å². The third-order valence-corrected chi connectivity index (χ3v) is 2.25. The molecule has 13 heavy (non-hydrogen) atoms. The van der Waals surface area contributed by atoms with Crippen LogP contribution in [-0.2, 0) is 0 Å². The van der Waals surface area contributed by atoms with Crippen molar-refractivity contribution in [1.82, 2.24) is 9.97 Å². The van der Waals surface area contributed by atoms with E-state index in [2.05, 4.69) is 9.97 Å². The molecule has 1 fully saturated rings. The summed E-state index contributed by atoms with van der Waals surface area (Å²) in [7, 11) is 0. The highest BCUT2D eigenvalue weighted by atomic mass is 35.5. The topological polar surface area (TPSA) is 29.0 Å². The lowest BCUT2D eigenvalue weighted by Crippen LogP contribution is -2.21. The first-order valence-corrected chi connectivity index (χ1v) is 4.51. The lowest BCUT2D eigenvalue weighted by Gasteiger charge is -2.15. The fraction of sp³-hybridized carbons (Fsp3) is 0.500. The predicted molar refractivity (Wildman–Crippen MR) is 48.8 cm³/mol. The summed E-state index contributed by atoms with van der Waals surface area (Å²) in [5.41, 5.74) is 0. The van der Waals surface area contributed by atoms with E-state index in [4.69, 9.17) is 11.6 Å². The molecular formula is C8H9ClFN3. The van der Waals surface area contributed by atoms with Gasteiger partial charge in [-0.25, -0.2) is 14.4 Å². The summed E-state index contributed by atoms with van der Waals surface area (Å²) in [6.07, 6.45) is 1.41. The minimum atomic E-state index is -0.742. The Balaban J connectivity index is 2.16. The first-order valence-electron chi connectivity index (χ1n) is 4.13. The number of nitrogens with zero attached hydrogens (tertiary/aromatic N) is 3. The van der Waals surface area contributed by atoms with Crippen molar-refractivity contribution >= 4 is 17.4 Å². The Labute approximate surface area is 80.6 Å². The molecule has 3 nitrogen and oxygen atoms in total. The van der Waals surface area contributed by atoms with Gasteiger partial charge in [0.2, 0.25) is 5.28 Å². The minimum absolute atomic E-state index is 0.208. The minimum Gasteiger partial charge on any atom is -0.353 e. The lowest BCUT2D eigenvalue weighted by atomic mass is 10.3. The summed E-state index contributed by atoms with van der Waals surface area (Å²) in [5, 5.41) is 0.208. The molecule has 70 valence electrons. The first kappa shape index (κ1) is 8.69. The third kappa shape index (κ3) is 1.88. The van der Waals surface area contributed by atoms with E-state index in [1.165, 1.54) is 0 Å². The van der Waals surface area contributed by atoms with Crippen molar-refractivity contribution in [2.45, 2.75) is 12.6 Å². The van der Waals surface area contributed by atoms with Crippen molar-refractivity contribution in [2.24, 2.45) is 0 Å². The highest BCUT2D eigenvalue weighted by molar-refractivity contribution is 6.28. The molecule has 1 aromatic heterocycles.